The second-order valence-corrected chi connectivity index (χ2v) is 4.00. The van der Waals surface area contributed by atoms with Crippen molar-refractivity contribution in [3.63, 3.8) is 0 Å². The Balaban J connectivity index is 2.82. The van der Waals surface area contributed by atoms with Gasteiger partial charge in [0, 0.05) is 18.3 Å². The lowest BCUT2D eigenvalue weighted by Gasteiger charge is -2.10. The van der Waals surface area contributed by atoms with Crippen molar-refractivity contribution >= 4 is 11.7 Å². The highest BCUT2D eigenvalue weighted by Gasteiger charge is 2.24. The molecule has 0 bridgehead atoms. The maximum absolute atomic E-state index is 13.8. The molecule has 0 aliphatic carbocycles. The number of rotatable bonds is 2. The Hall–Kier alpha value is -2.95. The number of esters is 1. The molecule has 0 aliphatic rings. The van der Waals surface area contributed by atoms with Gasteiger partial charge in [-0.05, 0) is 0 Å². The fourth-order valence-corrected chi connectivity index (χ4v) is 1.82. The molecule has 2 aromatic rings. The number of anilines is 1. The van der Waals surface area contributed by atoms with Gasteiger partial charge in [-0.15, -0.1) is 0 Å². The molecule has 8 heteroatoms. The Kier molecular flexibility index (Phi) is 3.58. The maximum Gasteiger partial charge on any atom is 0.357 e. The topological polar surface area (TPSA) is 81.0 Å². The van der Waals surface area contributed by atoms with E-state index >= 15 is 0 Å². The zero-order valence-corrected chi connectivity index (χ0v) is 10.7. The van der Waals surface area contributed by atoms with Gasteiger partial charge in [0.05, 0.1) is 24.0 Å². The number of ether oxygens (including phenoxy) is 1. The van der Waals surface area contributed by atoms with Crippen LogP contribution in [0.1, 0.15) is 16.1 Å². The molecule has 2 N–H and O–H groups in total. The van der Waals surface area contributed by atoms with Crippen molar-refractivity contribution in [3.05, 3.63) is 47.0 Å². The first-order valence-corrected chi connectivity index (χ1v) is 5.54. The Labute approximate surface area is 117 Å². The quantitative estimate of drug-likeness (QED) is 0.680. The van der Waals surface area contributed by atoms with Crippen LogP contribution in [-0.4, -0.2) is 17.6 Å². The standard InChI is InChI=1S/C13H8F3N3O2/c1-21-13(20)12-11(18)6(4-17)5-19(12)9-3-7(14)2-8(15)10(9)16/h2-3,5H,18H2,1H3. The van der Waals surface area contributed by atoms with Crippen molar-refractivity contribution in [3.8, 4) is 11.8 Å². The lowest BCUT2D eigenvalue weighted by molar-refractivity contribution is 0.0593. The largest absolute Gasteiger partial charge is 0.464 e. The zero-order valence-electron chi connectivity index (χ0n) is 10.7. The van der Waals surface area contributed by atoms with Gasteiger partial charge >= 0.3 is 5.97 Å². The normalized spacial score (nSPS) is 10.2. The van der Waals surface area contributed by atoms with E-state index in [9.17, 15) is 18.0 Å². The summed E-state index contributed by atoms with van der Waals surface area (Å²) >= 11 is 0. The highest BCUT2D eigenvalue weighted by Crippen LogP contribution is 2.27. The minimum atomic E-state index is -1.44. The van der Waals surface area contributed by atoms with E-state index in [1.165, 1.54) is 0 Å². The van der Waals surface area contributed by atoms with Gasteiger partial charge in [0.1, 0.15) is 11.9 Å². The summed E-state index contributed by atoms with van der Waals surface area (Å²) in [4.78, 5) is 11.7. The predicted molar refractivity (Wildman–Crippen MR) is 66.1 cm³/mol. The van der Waals surface area contributed by atoms with Crippen molar-refractivity contribution in [1.82, 2.24) is 4.57 Å². The van der Waals surface area contributed by atoms with Crippen LogP contribution in [0.4, 0.5) is 18.9 Å². The summed E-state index contributed by atoms with van der Waals surface area (Å²) in [5.74, 6) is -4.85. The number of hydrogen-bond acceptors (Lipinski definition) is 4. The van der Waals surface area contributed by atoms with Gasteiger partial charge in [-0.25, -0.2) is 18.0 Å². The first kappa shape index (κ1) is 14.5. The SMILES string of the molecule is COC(=O)c1c(N)c(C#N)cn1-c1cc(F)cc(F)c1F. The molecule has 0 saturated carbocycles. The van der Waals surface area contributed by atoms with E-state index in [1.54, 1.807) is 6.07 Å². The van der Waals surface area contributed by atoms with Crippen LogP contribution in [0, 0.1) is 28.8 Å². The molecule has 0 spiro atoms. The lowest BCUT2D eigenvalue weighted by atomic mass is 10.2. The molecule has 0 radical (unpaired) electrons. The van der Waals surface area contributed by atoms with E-state index < -0.39 is 34.8 Å². The van der Waals surface area contributed by atoms with Gasteiger partial charge in [-0.2, -0.15) is 5.26 Å². The second-order valence-electron chi connectivity index (χ2n) is 4.00. The first-order chi connectivity index (χ1) is 9.90. The molecular weight excluding hydrogens is 287 g/mol. The molecular formula is C13H8F3N3O2. The number of aromatic nitrogens is 1. The Morgan fingerprint density at radius 1 is 1.38 bits per heavy atom. The molecule has 0 fully saturated rings. The number of nitriles is 1. The fourth-order valence-electron chi connectivity index (χ4n) is 1.82. The summed E-state index contributed by atoms with van der Waals surface area (Å²) in [6.45, 7) is 0. The summed E-state index contributed by atoms with van der Waals surface area (Å²) in [6.07, 6.45) is 0.999. The number of nitrogens with two attached hydrogens (primary N) is 1. The Morgan fingerprint density at radius 2 is 2.05 bits per heavy atom. The molecule has 5 nitrogen and oxygen atoms in total. The Morgan fingerprint density at radius 3 is 2.62 bits per heavy atom. The Bertz CT molecular complexity index is 778. The van der Waals surface area contributed by atoms with Gasteiger partial charge < -0.3 is 15.0 Å². The minimum Gasteiger partial charge on any atom is -0.464 e. The number of nitrogens with zero attached hydrogens (tertiary/aromatic N) is 2. The molecule has 1 aromatic heterocycles. The third-order valence-corrected chi connectivity index (χ3v) is 2.78. The van der Waals surface area contributed by atoms with Gasteiger partial charge in [0.2, 0.25) is 0 Å². The van der Waals surface area contributed by atoms with E-state index in [2.05, 4.69) is 4.74 Å². The summed E-state index contributed by atoms with van der Waals surface area (Å²) in [6, 6.07) is 2.72. The average molecular weight is 295 g/mol. The molecule has 1 heterocycles. The van der Waals surface area contributed by atoms with Crippen molar-refractivity contribution in [2.45, 2.75) is 0 Å². The predicted octanol–water partition coefficient (Wildman–Crippen LogP) is 2.14. The number of halogens is 3. The third-order valence-electron chi connectivity index (χ3n) is 2.78. The average Bonchev–Trinajstić information content (AvgIpc) is 2.78. The molecule has 2 rings (SSSR count). The van der Waals surface area contributed by atoms with Crippen molar-refractivity contribution in [2.75, 3.05) is 12.8 Å². The summed E-state index contributed by atoms with van der Waals surface area (Å²) < 4.78 is 45.6. The van der Waals surface area contributed by atoms with Crippen LogP contribution in [0.5, 0.6) is 0 Å². The molecule has 21 heavy (non-hydrogen) atoms. The molecule has 0 amide bonds. The first-order valence-electron chi connectivity index (χ1n) is 5.54. The number of carbonyl (C=O) groups is 1. The smallest absolute Gasteiger partial charge is 0.357 e. The van der Waals surface area contributed by atoms with E-state index in [1.807, 2.05) is 0 Å². The number of nitrogen functional groups attached to an aromatic ring is 1. The van der Waals surface area contributed by atoms with Gasteiger partial charge in [-0.3, -0.25) is 0 Å². The summed E-state index contributed by atoms with van der Waals surface area (Å²) in [7, 11) is 1.05. The number of carbonyl (C=O) groups excluding carboxylic acids is 1. The van der Waals surface area contributed by atoms with Gasteiger partial charge in [-0.1, -0.05) is 0 Å². The van der Waals surface area contributed by atoms with Crippen LogP contribution in [0.2, 0.25) is 0 Å². The second kappa shape index (κ2) is 5.20. The van der Waals surface area contributed by atoms with E-state index in [4.69, 9.17) is 11.0 Å². The molecule has 0 unspecified atom stereocenters. The summed E-state index contributed by atoms with van der Waals surface area (Å²) in [5, 5.41) is 8.90. The molecule has 0 atom stereocenters. The number of benzene rings is 1. The molecule has 1 aromatic carbocycles. The monoisotopic (exact) mass is 295 g/mol. The molecule has 108 valence electrons. The van der Waals surface area contributed by atoms with E-state index in [0.29, 0.717) is 12.1 Å². The summed E-state index contributed by atoms with van der Waals surface area (Å²) in [5.41, 5.74) is 4.19. The van der Waals surface area contributed by atoms with Gasteiger partial charge in [0.25, 0.3) is 0 Å². The molecule has 0 aliphatic heterocycles. The minimum absolute atomic E-state index is 0.153. The number of hydrogen-bond donors (Lipinski definition) is 1. The molecule has 0 saturated heterocycles. The van der Waals surface area contributed by atoms with Crippen molar-refractivity contribution < 1.29 is 22.7 Å². The van der Waals surface area contributed by atoms with E-state index in [-0.39, 0.29) is 11.3 Å². The van der Waals surface area contributed by atoms with Crippen LogP contribution in [0.25, 0.3) is 5.69 Å². The maximum atomic E-state index is 13.8. The van der Waals surface area contributed by atoms with Crippen LogP contribution in [-0.2, 0) is 4.74 Å². The number of methoxy groups -OCH3 is 1. The van der Waals surface area contributed by atoms with Crippen LogP contribution in [0.3, 0.4) is 0 Å². The highest BCUT2D eigenvalue weighted by molar-refractivity contribution is 5.95. The van der Waals surface area contributed by atoms with Crippen molar-refractivity contribution in [1.29, 1.82) is 5.26 Å². The highest BCUT2D eigenvalue weighted by atomic mass is 19.2. The van der Waals surface area contributed by atoms with Crippen LogP contribution < -0.4 is 5.73 Å². The van der Waals surface area contributed by atoms with Crippen LogP contribution in [0.15, 0.2) is 18.3 Å². The van der Waals surface area contributed by atoms with Crippen LogP contribution >= 0.6 is 0 Å². The third kappa shape index (κ3) is 2.29. The van der Waals surface area contributed by atoms with Gasteiger partial charge in [0.15, 0.2) is 17.3 Å². The zero-order chi connectivity index (χ0) is 15.7. The lowest BCUT2D eigenvalue weighted by Crippen LogP contribution is -2.12. The van der Waals surface area contributed by atoms with E-state index in [0.717, 1.165) is 17.9 Å². The van der Waals surface area contributed by atoms with Crippen molar-refractivity contribution in [2.24, 2.45) is 0 Å². The fraction of sp³-hybridized carbons (Fsp3) is 0.0769.